The number of aryl methyl sites for hydroxylation is 2. The molecule has 17 heavy (non-hydrogen) atoms. The Morgan fingerprint density at radius 2 is 2.18 bits per heavy atom. The van der Waals surface area contributed by atoms with E-state index in [9.17, 15) is 0 Å². The maximum absolute atomic E-state index is 8.64. The lowest BCUT2D eigenvalue weighted by molar-refractivity contribution is 0.318. The van der Waals surface area contributed by atoms with Crippen LogP contribution in [0.5, 0.6) is 0 Å². The molecule has 0 aliphatic carbocycles. The van der Waals surface area contributed by atoms with Crippen molar-refractivity contribution in [1.29, 1.82) is 0 Å². The number of nitrogens with two attached hydrogens (primary N) is 1. The Morgan fingerprint density at radius 1 is 1.41 bits per heavy atom. The summed E-state index contributed by atoms with van der Waals surface area (Å²) >= 11 is 0. The number of rotatable bonds is 2. The summed E-state index contributed by atoms with van der Waals surface area (Å²) in [5, 5.41) is 11.6. The summed E-state index contributed by atoms with van der Waals surface area (Å²) in [6, 6.07) is 1.64. The molecule has 88 valence electrons. The molecule has 0 radical (unpaired) electrons. The number of amidine groups is 1. The molecule has 0 saturated carbocycles. The zero-order chi connectivity index (χ0) is 12.4. The van der Waals surface area contributed by atoms with E-state index in [0.29, 0.717) is 11.6 Å². The van der Waals surface area contributed by atoms with Crippen LogP contribution in [-0.4, -0.2) is 30.6 Å². The molecule has 0 fully saturated rings. The van der Waals surface area contributed by atoms with Crippen LogP contribution in [0.15, 0.2) is 23.6 Å². The van der Waals surface area contributed by atoms with Crippen LogP contribution >= 0.6 is 0 Å². The molecule has 0 unspecified atom stereocenters. The van der Waals surface area contributed by atoms with E-state index >= 15 is 0 Å². The average molecular weight is 232 g/mol. The number of nitrogens with zero attached hydrogens (tertiary/aromatic N) is 5. The maximum atomic E-state index is 8.64. The smallest absolute Gasteiger partial charge is 0.236 e. The Bertz CT molecular complexity index is 574. The molecule has 2 heterocycles. The zero-order valence-electron chi connectivity index (χ0n) is 9.49. The van der Waals surface area contributed by atoms with Crippen LogP contribution in [0.4, 0.5) is 0 Å². The van der Waals surface area contributed by atoms with Crippen LogP contribution in [-0.2, 0) is 0 Å². The molecule has 2 rings (SSSR count). The Balaban J connectivity index is 2.57. The van der Waals surface area contributed by atoms with Crippen LogP contribution < -0.4 is 5.73 Å². The molecular weight excluding hydrogens is 220 g/mol. The molecule has 0 spiro atoms. The van der Waals surface area contributed by atoms with Crippen LogP contribution in [0.1, 0.15) is 17.2 Å². The Hall–Kier alpha value is -2.44. The second kappa shape index (κ2) is 4.20. The van der Waals surface area contributed by atoms with Crippen molar-refractivity contribution >= 4 is 5.84 Å². The predicted octanol–water partition coefficient (Wildman–Crippen LogP) is 0.374. The summed E-state index contributed by atoms with van der Waals surface area (Å²) in [5.74, 6) is 1.16. The largest absolute Gasteiger partial charge is 0.409 e. The molecule has 7 nitrogen and oxygen atoms in total. The predicted molar refractivity (Wildman–Crippen MR) is 61.1 cm³/mol. The molecule has 7 heteroatoms. The van der Waals surface area contributed by atoms with Crippen LogP contribution in [0, 0.1) is 13.8 Å². The van der Waals surface area contributed by atoms with Gasteiger partial charge in [-0.25, -0.2) is 15.0 Å². The lowest BCUT2D eigenvalue weighted by Crippen LogP contribution is -2.17. The molecule has 0 atom stereocenters. The quantitative estimate of drug-likeness (QED) is 0.337. The lowest BCUT2D eigenvalue weighted by Gasteiger charge is -2.06. The third-order valence-corrected chi connectivity index (χ3v) is 2.25. The molecule has 0 aliphatic rings. The van der Waals surface area contributed by atoms with Gasteiger partial charge in [-0.3, -0.25) is 4.57 Å². The van der Waals surface area contributed by atoms with Gasteiger partial charge in [0.05, 0.1) is 0 Å². The summed E-state index contributed by atoms with van der Waals surface area (Å²) in [7, 11) is 0. The van der Waals surface area contributed by atoms with Gasteiger partial charge in [0, 0.05) is 18.1 Å². The fourth-order valence-electron chi connectivity index (χ4n) is 1.43. The molecule has 0 amide bonds. The zero-order valence-corrected chi connectivity index (χ0v) is 9.49. The van der Waals surface area contributed by atoms with Gasteiger partial charge in [-0.15, -0.1) is 0 Å². The van der Waals surface area contributed by atoms with Crippen molar-refractivity contribution in [3.8, 4) is 5.95 Å². The van der Waals surface area contributed by atoms with E-state index in [1.54, 1.807) is 23.0 Å². The van der Waals surface area contributed by atoms with Gasteiger partial charge in [-0.05, 0) is 19.9 Å². The van der Waals surface area contributed by atoms with Gasteiger partial charge in [0.25, 0.3) is 0 Å². The number of hydrogen-bond acceptors (Lipinski definition) is 5. The van der Waals surface area contributed by atoms with Gasteiger partial charge >= 0.3 is 0 Å². The van der Waals surface area contributed by atoms with E-state index in [1.165, 1.54) is 0 Å². The van der Waals surface area contributed by atoms with Crippen LogP contribution in [0.25, 0.3) is 5.95 Å². The number of imidazole rings is 1. The second-order valence-electron chi connectivity index (χ2n) is 3.52. The third-order valence-electron chi connectivity index (χ3n) is 2.25. The van der Waals surface area contributed by atoms with Gasteiger partial charge in [-0.1, -0.05) is 5.16 Å². The molecule has 0 bridgehead atoms. The van der Waals surface area contributed by atoms with Crippen molar-refractivity contribution in [2.75, 3.05) is 0 Å². The van der Waals surface area contributed by atoms with E-state index in [0.717, 1.165) is 11.5 Å². The first kappa shape index (κ1) is 11.1. The lowest BCUT2D eigenvalue weighted by atomic mass is 10.3. The number of hydrogen-bond donors (Lipinski definition) is 2. The molecule has 3 N–H and O–H groups in total. The van der Waals surface area contributed by atoms with E-state index < -0.39 is 0 Å². The van der Waals surface area contributed by atoms with E-state index in [2.05, 4.69) is 20.1 Å². The molecule has 2 aromatic heterocycles. The van der Waals surface area contributed by atoms with Crippen molar-refractivity contribution in [3.63, 3.8) is 0 Å². The topological polar surface area (TPSA) is 102 Å². The summed E-state index contributed by atoms with van der Waals surface area (Å²) in [5.41, 5.74) is 6.61. The standard InChI is InChI=1S/C10H12N6O/c1-6-5-8(9(11)15-17)14-10(13-6)16-4-3-12-7(16)2/h3-5,17H,1-2H3,(H2,11,15). The van der Waals surface area contributed by atoms with E-state index in [4.69, 9.17) is 10.9 Å². The molecular formula is C10H12N6O. The molecule has 2 aromatic rings. The first-order valence-corrected chi connectivity index (χ1v) is 4.95. The number of oxime groups is 1. The molecule has 0 aromatic carbocycles. The number of aromatic nitrogens is 4. The van der Waals surface area contributed by atoms with Crippen molar-refractivity contribution in [2.45, 2.75) is 13.8 Å². The first-order valence-electron chi connectivity index (χ1n) is 4.95. The summed E-state index contributed by atoms with van der Waals surface area (Å²) in [6.45, 7) is 3.65. The highest BCUT2D eigenvalue weighted by Crippen LogP contribution is 2.07. The summed E-state index contributed by atoms with van der Waals surface area (Å²) in [6.07, 6.45) is 3.41. The summed E-state index contributed by atoms with van der Waals surface area (Å²) < 4.78 is 1.72. The van der Waals surface area contributed by atoms with Crippen molar-refractivity contribution in [3.05, 3.63) is 35.7 Å². The third kappa shape index (κ3) is 2.07. The van der Waals surface area contributed by atoms with Gasteiger partial charge in [-0.2, -0.15) is 0 Å². The first-order chi connectivity index (χ1) is 8.11. The Kier molecular flexibility index (Phi) is 2.73. The highest BCUT2D eigenvalue weighted by atomic mass is 16.4. The minimum atomic E-state index is -0.0467. The van der Waals surface area contributed by atoms with Crippen molar-refractivity contribution in [2.24, 2.45) is 10.9 Å². The second-order valence-corrected chi connectivity index (χ2v) is 3.52. The SMILES string of the molecule is Cc1cc(/C(N)=N/O)nc(-n2ccnc2C)n1. The highest BCUT2D eigenvalue weighted by Gasteiger charge is 2.09. The molecule has 0 aliphatic heterocycles. The van der Waals surface area contributed by atoms with Crippen molar-refractivity contribution in [1.82, 2.24) is 19.5 Å². The van der Waals surface area contributed by atoms with Crippen molar-refractivity contribution < 1.29 is 5.21 Å². The average Bonchev–Trinajstić information content (AvgIpc) is 2.73. The van der Waals surface area contributed by atoms with Gasteiger partial charge in [0.2, 0.25) is 5.95 Å². The van der Waals surface area contributed by atoms with Gasteiger partial charge in [0.1, 0.15) is 11.5 Å². The van der Waals surface area contributed by atoms with Crippen LogP contribution in [0.2, 0.25) is 0 Å². The Morgan fingerprint density at radius 3 is 2.76 bits per heavy atom. The van der Waals surface area contributed by atoms with Crippen LogP contribution in [0.3, 0.4) is 0 Å². The normalized spacial score (nSPS) is 11.8. The van der Waals surface area contributed by atoms with E-state index in [1.807, 2.05) is 13.8 Å². The van der Waals surface area contributed by atoms with E-state index in [-0.39, 0.29) is 5.84 Å². The minimum Gasteiger partial charge on any atom is -0.409 e. The fourth-order valence-corrected chi connectivity index (χ4v) is 1.43. The fraction of sp³-hybridized carbons (Fsp3) is 0.200. The molecule has 0 saturated heterocycles. The monoisotopic (exact) mass is 232 g/mol. The maximum Gasteiger partial charge on any atom is 0.236 e. The van der Waals surface area contributed by atoms with Gasteiger partial charge in [0.15, 0.2) is 5.84 Å². The van der Waals surface area contributed by atoms with Gasteiger partial charge < -0.3 is 10.9 Å². The highest BCUT2D eigenvalue weighted by molar-refractivity contribution is 5.95. The summed E-state index contributed by atoms with van der Waals surface area (Å²) in [4.78, 5) is 12.6. The minimum absolute atomic E-state index is 0.0467. The Labute approximate surface area is 97.6 Å².